The van der Waals surface area contributed by atoms with E-state index in [1.165, 1.54) is 0 Å². The van der Waals surface area contributed by atoms with Crippen LogP contribution in [0.5, 0.6) is 0 Å². The van der Waals surface area contributed by atoms with Crippen molar-refractivity contribution in [2.24, 2.45) is 0 Å². The Labute approximate surface area is 118 Å². The van der Waals surface area contributed by atoms with Gasteiger partial charge in [-0.05, 0) is 12.5 Å². The van der Waals surface area contributed by atoms with Crippen LogP contribution in [0, 0.1) is 0 Å². The molecule has 1 atom stereocenters. The molecule has 5 nitrogen and oxygen atoms in total. The van der Waals surface area contributed by atoms with Crippen LogP contribution in [0.4, 0.5) is 0 Å². The molecule has 1 aliphatic heterocycles. The smallest absolute Gasteiger partial charge is 0.317 e. The van der Waals surface area contributed by atoms with Crippen LogP contribution in [0.2, 0.25) is 0 Å². The molecule has 1 aromatic carbocycles. The Bertz CT molecular complexity index is 475. The molecule has 1 aromatic rings. The summed E-state index contributed by atoms with van der Waals surface area (Å²) in [7, 11) is 0. The summed E-state index contributed by atoms with van der Waals surface area (Å²) < 4.78 is 0. The van der Waals surface area contributed by atoms with Crippen molar-refractivity contribution in [1.82, 2.24) is 9.80 Å². The van der Waals surface area contributed by atoms with E-state index in [9.17, 15) is 9.59 Å². The molecule has 0 aromatic heterocycles. The molecule has 5 heteroatoms. The third kappa shape index (κ3) is 3.81. The molecule has 2 rings (SSSR count). The number of carbonyl (C=O) groups excluding carboxylic acids is 1. The van der Waals surface area contributed by atoms with Gasteiger partial charge in [0, 0.05) is 25.7 Å². The number of benzene rings is 1. The first-order valence-electron chi connectivity index (χ1n) is 6.84. The van der Waals surface area contributed by atoms with Crippen LogP contribution in [-0.2, 0) is 16.0 Å². The third-order valence-electron chi connectivity index (χ3n) is 3.59. The number of hydrogen-bond acceptors (Lipinski definition) is 3. The van der Waals surface area contributed by atoms with Crippen molar-refractivity contribution in [1.29, 1.82) is 0 Å². The number of carboxylic acids is 1. The predicted molar refractivity (Wildman–Crippen MR) is 75.4 cm³/mol. The predicted octanol–water partition coefficient (Wildman–Crippen LogP) is 0.846. The first-order valence-corrected chi connectivity index (χ1v) is 6.84. The number of aliphatic carboxylic acids is 1. The van der Waals surface area contributed by atoms with Gasteiger partial charge in [-0.15, -0.1) is 0 Å². The van der Waals surface area contributed by atoms with Gasteiger partial charge < -0.3 is 10.0 Å². The Balaban J connectivity index is 1.90. The van der Waals surface area contributed by atoms with Gasteiger partial charge in [-0.3, -0.25) is 14.5 Å². The van der Waals surface area contributed by atoms with Crippen molar-refractivity contribution in [3.63, 3.8) is 0 Å². The Kier molecular flexibility index (Phi) is 4.74. The Morgan fingerprint density at radius 3 is 2.55 bits per heavy atom. The van der Waals surface area contributed by atoms with E-state index in [1.807, 2.05) is 47.1 Å². The minimum absolute atomic E-state index is 0.0467. The summed E-state index contributed by atoms with van der Waals surface area (Å²) in [6, 6.07) is 9.74. The van der Waals surface area contributed by atoms with Gasteiger partial charge in [-0.1, -0.05) is 30.3 Å². The van der Waals surface area contributed by atoms with Gasteiger partial charge in [-0.25, -0.2) is 0 Å². The first kappa shape index (κ1) is 14.5. The Hall–Kier alpha value is -1.88. The van der Waals surface area contributed by atoms with E-state index in [2.05, 4.69) is 0 Å². The van der Waals surface area contributed by atoms with Crippen molar-refractivity contribution in [3.8, 4) is 0 Å². The van der Waals surface area contributed by atoms with Crippen LogP contribution in [0.25, 0.3) is 0 Å². The number of carboxylic acid groups (broad SMARTS) is 1. The largest absolute Gasteiger partial charge is 0.480 e. The van der Waals surface area contributed by atoms with E-state index in [4.69, 9.17) is 5.11 Å². The van der Waals surface area contributed by atoms with E-state index >= 15 is 0 Å². The van der Waals surface area contributed by atoms with E-state index in [1.54, 1.807) is 0 Å². The monoisotopic (exact) mass is 276 g/mol. The molecule has 0 aliphatic carbocycles. The SMILES string of the molecule is CC1CN(CC(=O)O)CCN1C(=O)Cc1ccccc1. The third-order valence-corrected chi connectivity index (χ3v) is 3.59. The number of nitrogens with zero attached hydrogens (tertiary/aromatic N) is 2. The van der Waals surface area contributed by atoms with E-state index < -0.39 is 5.97 Å². The number of rotatable bonds is 4. The second-order valence-electron chi connectivity index (χ2n) is 5.23. The summed E-state index contributed by atoms with van der Waals surface area (Å²) in [6.07, 6.45) is 0.407. The number of amides is 1. The van der Waals surface area contributed by atoms with E-state index in [-0.39, 0.29) is 18.5 Å². The Morgan fingerprint density at radius 2 is 1.95 bits per heavy atom. The quantitative estimate of drug-likeness (QED) is 0.885. The lowest BCUT2D eigenvalue weighted by molar-refractivity contribution is -0.140. The fourth-order valence-corrected chi connectivity index (χ4v) is 2.61. The summed E-state index contributed by atoms with van der Waals surface area (Å²) in [6.45, 7) is 3.85. The van der Waals surface area contributed by atoms with E-state index in [0.29, 0.717) is 26.1 Å². The highest BCUT2D eigenvalue weighted by molar-refractivity contribution is 5.79. The lowest BCUT2D eigenvalue weighted by Gasteiger charge is -2.39. The molecule has 1 aliphatic rings. The second kappa shape index (κ2) is 6.52. The van der Waals surface area contributed by atoms with Crippen molar-refractivity contribution in [2.45, 2.75) is 19.4 Å². The maximum absolute atomic E-state index is 12.3. The summed E-state index contributed by atoms with van der Waals surface area (Å²) in [4.78, 5) is 26.7. The molecule has 1 fully saturated rings. The number of carbonyl (C=O) groups is 2. The highest BCUT2D eigenvalue weighted by Crippen LogP contribution is 2.12. The molecule has 0 saturated carbocycles. The molecule has 0 bridgehead atoms. The number of piperazine rings is 1. The molecular weight excluding hydrogens is 256 g/mol. The average Bonchev–Trinajstić information content (AvgIpc) is 2.39. The van der Waals surface area contributed by atoms with Crippen LogP contribution < -0.4 is 0 Å². The zero-order valence-electron chi connectivity index (χ0n) is 11.7. The van der Waals surface area contributed by atoms with Crippen molar-refractivity contribution < 1.29 is 14.7 Å². The topological polar surface area (TPSA) is 60.9 Å². The van der Waals surface area contributed by atoms with Crippen LogP contribution in [0.3, 0.4) is 0 Å². The fraction of sp³-hybridized carbons (Fsp3) is 0.467. The summed E-state index contributed by atoms with van der Waals surface area (Å²) in [5.74, 6) is -0.708. The van der Waals surface area contributed by atoms with Gasteiger partial charge in [0.05, 0.1) is 13.0 Å². The Morgan fingerprint density at radius 1 is 1.25 bits per heavy atom. The number of hydrogen-bond donors (Lipinski definition) is 1. The summed E-state index contributed by atoms with van der Waals surface area (Å²) in [5, 5.41) is 8.80. The molecule has 1 amide bonds. The minimum atomic E-state index is -0.818. The highest BCUT2D eigenvalue weighted by Gasteiger charge is 2.27. The average molecular weight is 276 g/mol. The second-order valence-corrected chi connectivity index (χ2v) is 5.23. The van der Waals surface area contributed by atoms with Crippen molar-refractivity contribution in [2.75, 3.05) is 26.2 Å². The van der Waals surface area contributed by atoms with Crippen molar-refractivity contribution in [3.05, 3.63) is 35.9 Å². The molecule has 1 N–H and O–H groups in total. The molecule has 0 spiro atoms. The zero-order valence-corrected chi connectivity index (χ0v) is 11.7. The first-order chi connectivity index (χ1) is 9.56. The zero-order chi connectivity index (χ0) is 14.5. The maximum Gasteiger partial charge on any atom is 0.317 e. The lowest BCUT2D eigenvalue weighted by Crippen LogP contribution is -2.55. The maximum atomic E-state index is 12.3. The standard InChI is InChI=1S/C15H20N2O3/c1-12-10-16(11-15(19)20)7-8-17(12)14(18)9-13-5-3-2-4-6-13/h2-6,12H,7-11H2,1H3,(H,19,20). The summed E-state index contributed by atoms with van der Waals surface area (Å²) in [5.41, 5.74) is 1.01. The van der Waals surface area contributed by atoms with Gasteiger partial charge in [0.15, 0.2) is 0 Å². The lowest BCUT2D eigenvalue weighted by atomic mass is 10.1. The molecule has 1 heterocycles. The van der Waals surface area contributed by atoms with Gasteiger partial charge in [-0.2, -0.15) is 0 Å². The van der Waals surface area contributed by atoms with Gasteiger partial charge in [0.25, 0.3) is 0 Å². The van der Waals surface area contributed by atoms with Gasteiger partial charge >= 0.3 is 5.97 Å². The van der Waals surface area contributed by atoms with Gasteiger partial charge in [0.2, 0.25) is 5.91 Å². The molecule has 108 valence electrons. The highest BCUT2D eigenvalue weighted by atomic mass is 16.4. The van der Waals surface area contributed by atoms with Crippen LogP contribution >= 0.6 is 0 Å². The van der Waals surface area contributed by atoms with Gasteiger partial charge in [0.1, 0.15) is 0 Å². The molecule has 20 heavy (non-hydrogen) atoms. The van der Waals surface area contributed by atoms with Crippen LogP contribution in [-0.4, -0.2) is 59.0 Å². The molecular formula is C15H20N2O3. The molecule has 1 saturated heterocycles. The molecule has 1 unspecified atom stereocenters. The van der Waals surface area contributed by atoms with Crippen molar-refractivity contribution >= 4 is 11.9 Å². The van der Waals surface area contributed by atoms with Crippen LogP contribution in [0.1, 0.15) is 12.5 Å². The fourth-order valence-electron chi connectivity index (χ4n) is 2.61. The molecule has 0 radical (unpaired) electrons. The summed E-state index contributed by atoms with van der Waals surface area (Å²) >= 11 is 0. The normalized spacial score (nSPS) is 19.9. The van der Waals surface area contributed by atoms with Crippen LogP contribution in [0.15, 0.2) is 30.3 Å². The minimum Gasteiger partial charge on any atom is -0.480 e. The van der Waals surface area contributed by atoms with E-state index in [0.717, 1.165) is 5.56 Å².